The molecule has 7 nitrogen and oxygen atoms in total. The van der Waals surface area contributed by atoms with Gasteiger partial charge in [-0.1, -0.05) is 25.3 Å². The van der Waals surface area contributed by atoms with Gasteiger partial charge in [-0.05, 0) is 55.7 Å². The fourth-order valence-electron chi connectivity index (χ4n) is 5.38. The van der Waals surface area contributed by atoms with Crippen LogP contribution < -0.4 is 10.6 Å². The minimum absolute atomic E-state index is 0.00135. The molecule has 0 spiro atoms. The summed E-state index contributed by atoms with van der Waals surface area (Å²) in [5.74, 6) is 1.79. The van der Waals surface area contributed by atoms with E-state index >= 15 is 0 Å². The summed E-state index contributed by atoms with van der Waals surface area (Å²) in [5, 5.41) is 13.7. The first-order chi connectivity index (χ1) is 14.2. The van der Waals surface area contributed by atoms with Crippen LogP contribution in [0.15, 0.2) is 36.9 Å². The second-order valence-electron chi connectivity index (χ2n) is 8.91. The molecule has 152 valence electrons. The molecule has 1 aromatic heterocycles. The zero-order valence-corrected chi connectivity index (χ0v) is 16.5. The van der Waals surface area contributed by atoms with Crippen molar-refractivity contribution in [3.05, 3.63) is 36.9 Å². The van der Waals surface area contributed by atoms with Gasteiger partial charge in [-0.3, -0.25) is 9.59 Å². The molecule has 3 saturated carbocycles. The summed E-state index contributed by atoms with van der Waals surface area (Å²) < 4.78 is 1.96. The van der Waals surface area contributed by atoms with E-state index in [9.17, 15) is 9.59 Å². The maximum atomic E-state index is 12.7. The number of aromatic nitrogens is 3. The van der Waals surface area contributed by atoms with Gasteiger partial charge in [0.05, 0.1) is 0 Å². The van der Waals surface area contributed by atoms with Gasteiger partial charge in [0, 0.05) is 29.3 Å². The summed E-state index contributed by atoms with van der Waals surface area (Å²) >= 11 is 0. The van der Waals surface area contributed by atoms with Gasteiger partial charge in [0.2, 0.25) is 11.8 Å². The summed E-state index contributed by atoms with van der Waals surface area (Å²) in [5.41, 5.74) is 1.48. The van der Waals surface area contributed by atoms with Crippen molar-refractivity contribution in [3.63, 3.8) is 0 Å². The third-order valence-electron chi connectivity index (χ3n) is 7.10. The number of nitrogens with one attached hydrogen (secondary N) is 2. The van der Waals surface area contributed by atoms with Crippen molar-refractivity contribution in [3.8, 4) is 0 Å². The Morgan fingerprint density at radius 3 is 2.00 bits per heavy atom. The molecule has 3 aliphatic carbocycles. The fourth-order valence-corrected chi connectivity index (χ4v) is 5.38. The summed E-state index contributed by atoms with van der Waals surface area (Å²) in [6.45, 7) is 0. The van der Waals surface area contributed by atoms with Crippen LogP contribution in [0, 0.1) is 23.7 Å². The van der Waals surface area contributed by atoms with Gasteiger partial charge in [0.1, 0.15) is 12.7 Å². The molecule has 2 unspecified atom stereocenters. The lowest BCUT2D eigenvalue weighted by Crippen LogP contribution is -2.35. The summed E-state index contributed by atoms with van der Waals surface area (Å²) in [7, 11) is 0. The van der Waals surface area contributed by atoms with E-state index < -0.39 is 0 Å². The van der Waals surface area contributed by atoms with Gasteiger partial charge in [-0.15, -0.1) is 10.2 Å². The average molecular weight is 393 g/mol. The van der Waals surface area contributed by atoms with Crippen LogP contribution in [0.3, 0.4) is 0 Å². The Balaban J connectivity index is 1.14. The predicted octanol–water partition coefficient (Wildman–Crippen LogP) is 3.63. The number of nitrogens with zero attached hydrogens (tertiary/aromatic N) is 3. The minimum Gasteiger partial charge on any atom is -0.326 e. The molecule has 5 rings (SSSR count). The first kappa shape index (κ1) is 18.3. The number of amides is 2. The number of rotatable bonds is 5. The molecule has 3 aliphatic rings. The van der Waals surface area contributed by atoms with Crippen molar-refractivity contribution in [2.45, 2.75) is 51.0 Å². The van der Waals surface area contributed by atoms with E-state index in [1.54, 1.807) is 12.7 Å². The Bertz CT molecular complexity index is 878. The quantitative estimate of drug-likeness (QED) is 0.812. The zero-order valence-electron chi connectivity index (χ0n) is 16.5. The largest absolute Gasteiger partial charge is 0.326 e. The minimum atomic E-state index is -0.00135. The van der Waals surface area contributed by atoms with Crippen LogP contribution in [0.25, 0.3) is 0 Å². The van der Waals surface area contributed by atoms with Crippen molar-refractivity contribution in [1.82, 2.24) is 14.8 Å². The normalized spacial score (nSPS) is 30.4. The molecule has 2 atom stereocenters. The SMILES string of the molecule is O=C(Nc1cccc(NC(=O)C2CC(n3cnnc3)C2)c1)C1CC2CCCC2C1. The third kappa shape index (κ3) is 3.78. The number of hydrogen-bond acceptors (Lipinski definition) is 4. The van der Waals surface area contributed by atoms with Gasteiger partial charge in [-0.2, -0.15) is 0 Å². The van der Waals surface area contributed by atoms with E-state index in [0.29, 0.717) is 6.04 Å². The third-order valence-corrected chi connectivity index (χ3v) is 7.10. The first-order valence-corrected chi connectivity index (χ1v) is 10.7. The smallest absolute Gasteiger partial charge is 0.227 e. The Labute approximate surface area is 170 Å². The van der Waals surface area contributed by atoms with E-state index in [-0.39, 0.29) is 23.7 Å². The predicted molar refractivity (Wildman–Crippen MR) is 109 cm³/mol. The van der Waals surface area contributed by atoms with Crippen molar-refractivity contribution in [1.29, 1.82) is 0 Å². The van der Waals surface area contributed by atoms with Gasteiger partial charge in [0.15, 0.2) is 0 Å². The lowest BCUT2D eigenvalue weighted by molar-refractivity contribution is -0.123. The molecule has 29 heavy (non-hydrogen) atoms. The maximum Gasteiger partial charge on any atom is 0.227 e. The molecule has 2 N–H and O–H groups in total. The molecule has 0 saturated heterocycles. The highest BCUT2D eigenvalue weighted by molar-refractivity contribution is 5.96. The number of carbonyl (C=O) groups is 2. The van der Waals surface area contributed by atoms with Gasteiger partial charge in [-0.25, -0.2) is 0 Å². The maximum absolute atomic E-state index is 12.7. The van der Waals surface area contributed by atoms with Crippen molar-refractivity contribution in [2.75, 3.05) is 10.6 Å². The molecule has 7 heteroatoms. The van der Waals surface area contributed by atoms with E-state index in [0.717, 1.165) is 48.9 Å². The first-order valence-electron chi connectivity index (χ1n) is 10.7. The standard InChI is InChI=1S/C22H27N5O2/c28-21(16-7-14-3-1-4-15(14)8-16)25-18-5-2-6-19(11-18)26-22(29)17-9-20(10-17)27-12-23-24-13-27/h2,5-6,11-17,20H,1,3-4,7-10H2,(H,25,28)(H,26,29). The fraction of sp³-hybridized carbons (Fsp3) is 0.545. The molecular formula is C22H27N5O2. The zero-order chi connectivity index (χ0) is 19.8. The molecule has 1 aromatic carbocycles. The molecule has 0 aliphatic heterocycles. The Morgan fingerprint density at radius 1 is 0.862 bits per heavy atom. The molecule has 1 heterocycles. The number of hydrogen-bond donors (Lipinski definition) is 2. The Kier molecular flexibility index (Phi) is 4.81. The number of anilines is 2. The highest BCUT2D eigenvalue weighted by atomic mass is 16.2. The molecular weight excluding hydrogens is 366 g/mol. The number of carbonyl (C=O) groups excluding carboxylic acids is 2. The van der Waals surface area contributed by atoms with Crippen LogP contribution in [-0.4, -0.2) is 26.6 Å². The monoisotopic (exact) mass is 393 g/mol. The van der Waals surface area contributed by atoms with Crippen molar-refractivity contribution in [2.24, 2.45) is 23.7 Å². The van der Waals surface area contributed by atoms with Crippen LogP contribution in [0.4, 0.5) is 11.4 Å². The van der Waals surface area contributed by atoms with Crippen LogP contribution in [0.2, 0.25) is 0 Å². The van der Waals surface area contributed by atoms with E-state index in [1.165, 1.54) is 19.3 Å². The molecule has 3 fully saturated rings. The lowest BCUT2D eigenvalue weighted by Gasteiger charge is -2.34. The van der Waals surface area contributed by atoms with E-state index in [2.05, 4.69) is 20.8 Å². The molecule has 0 bridgehead atoms. The van der Waals surface area contributed by atoms with Crippen LogP contribution >= 0.6 is 0 Å². The second-order valence-corrected chi connectivity index (χ2v) is 8.91. The van der Waals surface area contributed by atoms with Crippen LogP contribution in [0.5, 0.6) is 0 Å². The number of benzene rings is 1. The van der Waals surface area contributed by atoms with Crippen LogP contribution in [0.1, 0.15) is 51.0 Å². The summed E-state index contributed by atoms with van der Waals surface area (Å²) in [4.78, 5) is 25.2. The molecule has 2 aromatic rings. The Hall–Kier alpha value is -2.70. The van der Waals surface area contributed by atoms with E-state index in [1.807, 2.05) is 28.8 Å². The molecule has 0 radical (unpaired) electrons. The second kappa shape index (κ2) is 7.61. The topological polar surface area (TPSA) is 88.9 Å². The average Bonchev–Trinajstić information content (AvgIpc) is 3.38. The highest BCUT2D eigenvalue weighted by Crippen LogP contribution is 2.47. The summed E-state index contributed by atoms with van der Waals surface area (Å²) in [6.07, 6.45) is 10.9. The highest BCUT2D eigenvalue weighted by Gasteiger charge is 2.40. The Morgan fingerprint density at radius 2 is 1.41 bits per heavy atom. The number of fused-ring (bicyclic) bond motifs is 1. The van der Waals surface area contributed by atoms with Crippen molar-refractivity contribution < 1.29 is 9.59 Å². The lowest BCUT2D eigenvalue weighted by atomic mass is 9.79. The van der Waals surface area contributed by atoms with Gasteiger partial charge < -0.3 is 15.2 Å². The summed E-state index contributed by atoms with van der Waals surface area (Å²) in [6, 6.07) is 7.77. The van der Waals surface area contributed by atoms with Gasteiger partial charge in [0.25, 0.3) is 0 Å². The van der Waals surface area contributed by atoms with Crippen LogP contribution in [-0.2, 0) is 9.59 Å². The van der Waals surface area contributed by atoms with Gasteiger partial charge >= 0.3 is 0 Å². The molecule has 2 amide bonds. The van der Waals surface area contributed by atoms with Crippen molar-refractivity contribution >= 4 is 23.2 Å². The van der Waals surface area contributed by atoms with E-state index in [4.69, 9.17) is 0 Å².